The molecule has 7 aromatic rings. The van der Waals surface area contributed by atoms with Crippen LogP contribution in [0.15, 0.2) is 133 Å². The van der Waals surface area contributed by atoms with E-state index in [-0.39, 0.29) is 0 Å². The summed E-state index contributed by atoms with van der Waals surface area (Å²) in [5.74, 6) is 1.72. The molecule has 0 fully saturated rings. The van der Waals surface area contributed by atoms with E-state index in [0.717, 1.165) is 77.2 Å². The normalized spacial score (nSPS) is 12.8. The van der Waals surface area contributed by atoms with E-state index in [4.69, 9.17) is 7.48 Å². The minimum absolute atomic E-state index is 0.471. The summed E-state index contributed by atoms with van der Waals surface area (Å²) in [6.45, 7) is 0. The van der Waals surface area contributed by atoms with Gasteiger partial charge in [-0.3, -0.25) is 0 Å². The first-order chi connectivity index (χ1) is 19.2. The number of hydrogen-bond donors (Lipinski definition) is 0. The van der Waals surface area contributed by atoms with Crippen LogP contribution in [0.25, 0.3) is 65.7 Å². The molecule has 1 heterocycles. The van der Waals surface area contributed by atoms with Crippen molar-refractivity contribution in [2.24, 2.45) is 0 Å². The van der Waals surface area contributed by atoms with Gasteiger partial charge in [-0.1, -0.05) is 115 Å². The van der Waals surface area contributed by atoms with Crippen LogP contribution in [0.3, 0.4) is 0 Å². The van der Waals surface area contributed by atoms with Crippen LogP contribution in [0, 0.1) is 0 Å². The number of hydrogen-bond acceptors (Lipinski definition) is 1. The van der Waals surface area contributed by atoms with E-state index < -0.39 is 0 Å². The highest BCUT2D eigenvalue weighted by Gasteiger charge is 2.23. The van der Waals surface area contributed by atoms with Crippen LogP contribution >= 0.6 is 0 Å². The molecule has 0 spiro atoms. The van der Waals surface area contributed by atoms with Crippen molar-refractivity contribution >= 4 is 32.3 Å². The second-order valence-corrected chi connectivity index (χ2v) is 9.50. The first-order valence-electron chi connectivity index (χ1n) is 13.5. The Morgan fingerprint density at radius 1 is 0.405 bits per heavy atom. The zero-order chi connectivity index (χ0) is 26.1. The molecule has 1 aliphatic heterocycles. The summed E-state index contributed by atoms with van der Waals surface area (Å²) in [6.07, 6.45) is 0. The van der Waals surface area contributed by atoms with Crippen molar-refractivity contribution < 1.29 is 7.48 Å². The van der Waals surface area contributed by atoms with E-state index in [9.17, 15) is 0 Å². The predicted molar refractivity (Wildman–Crippen MR) is 155 cm³/mol. The van der Waals surface area contributed by atoms with Gasteiger partial charge >= 0.3 is 0 Å². The lowest BCUT2D eigenvalue weighted by Crippen LogP contribution is -1.98. The zero-order valence-corrected chi connectivity index (χ0v) is 20.0. The van der Waals surface area contributed by atoms with E-state index in [1.807, 2.05) is 60.7 Å². The van der Waals surface area contributed by atoms with Gasteiger partial charge in [0, 0.05) is 10.9 Å². The molecular weight excluding hydrogens is 448 g/mol. The molecule has 0 aliphatic carbocycles. The van der Waals surface area contributed by atoms with Crippen molar-refractivity contribution in [3.8, 4) is 44.9 Å². The van der Waals surface area contributed by atoms with Crippen LogP contribution in [-0.4, -0.2) is 0 Å². The average molecular weight is 473 g/mol. The van der Waals surface area contributed by atoms with Gasteiger partial charge in [-0.25, -0.2) is 0 Å². The second-order valence-electron chi connectivity index (χ2n) is 9.50. The number of para-hydroxylation sites is 1. The molecule has 0 radical (unpaired) electrons. The lowest BCUT2D eigenvalue weighted by Gasteiger charge is -2.24. The largest absolute Gasteiger partial charge is 0.456 e. The van der Waals surface area contributed by atoms with Crippen LogP contribution in [0.4, 0.5) is 0 Å². The number of ether oxygens (including phenoxy) is 1. The third kappa shape index (κ3) is 2.92. The minimum Gasteiger partial charge on any atom is -0.456 e. The lowest BCUT2D eigenvalue weighted by molar-refractivity contribution is 0.487. The highest BCUT2D eigenvalue weighted by Crippen LogP contribution is 2.51. The Morgan fingerprint density at radius 2 is 1.05 bits per heavy atom. The molecule has 172 valence electrons. The molecule has 0 unspecified atom stereocenters. The topological polar surface area (TPSA) is 9.23 Å². The maximum Gasteiger partial charge on any atom is 0.135 e. The molecule has 1 nitrogen and oxygen atoms in total. The fourth-order valence-corrected chi connectivity index (χ4v) is 6.01. The average Bonchev–Trinajstić information content (AvgIpc) is 2.97. The van der Waals surface area contributed by atoms with Crippen LogP contribution in [0.1, 0.15) is 2.74 Å². The van der Waals surface area contributed by atoms with Crippen molar-refractivity contribution in [2.45, 2.75) is 0 Å². The van der Waals surface area contributed by atoms with Gasteiger partial charge in [-0.05, 0) is 72.9 Å². The van der Waals surface area contributed by atoms with E-state index in [0.29, 0.717) is 12.1 Å². The van der Waals surface area contributed by atoms with Gasteiger partial charge < -0.3 is 4.74 Å². The Balaban J connectivity index is 1.55. The standard InChI is InChI=1S/C36H22O/c1-2-11-23(12-3-1)34-26-14-4-6-16-28(26)35(29-17-7-5-15-27(29)34)31-21-22-33-36-25(18-10-19-30(31)36)24-13-8-9-20-32(24)37-33/h1-22H/i4D,7D. The van der Waals surface area contributed by atoms with Crippen LogP contribution < -0.4 is 4.74 Å². The van der Waals surface area contributed by atoms with E-state index in [1.165, 1.54) is 0 Å². The fourth-order valence-electron chi connectivity index (χ4n) is 6.01. The monoisotopic (exact) mass is 472 g/mol. The summed E-state index contributed by atoms with van der Waals surface area (Å²) in [6, 6.07) is 42.0. The van der Waals surface area contributed by atoms with E-state index in [1.54, 1.807) is 0 Å². The van der Waals surface area contributed by atoms with Crippen molar-refractivity contribution in [1.29, 1.82) is 0 Å². The number of rotatable bonds is 2. The number of fused-ring (bicyclic) bond motifs is 4. The smallest absolute Gasteiger partial charge is 0.135 e. The molecule has 7 aromatic carbocycles. The summed E-state index contributed by atoms with van der Waals surface area (Å²) in [5.41, 5.74) is 6.63. The van der Waals surface area contributed by atoms with Crippen molar-refractivity contribution in [1.82, 2.24) is 0 Å². The molecule has 8 rings (SSSR count). The SMILES string of the molecule is [2H]c1ccc2c(-c3ccc4c5c(cccc35)-c3ccccc3O4)c3cc([2H])ccc3c(-c3ccccc3)c2c1. The van der Waals surface area contributed by atoms with Crippen molar-refractivity contribution in [3.63, 3.8) is 0 Å². The van der Waals surface area contributed by atoms with Gasteiger partial charge in [0.05, 0.1) is 2.74 Å². The van der Waals surface area contributed by atoms with E-state index in [2.05, 4.69) is 60.7 Å². The molecular formula is C36H22O. The quantitative estimate of drug-likeness (QED) is 0.227. The first-order valence-corrected chi connectivity index (χ1v) is 12.5. The first kappa shape index (κ1) is 18.4. The molecule has 1 heteroatoms. The maximum absolute atomic E-state index is 8.55. The summed E-state index contributed by atoms with van der Waals surface area (Å²) < 4.78 is 23.4. The molecule has 0 atom stereocenters. The number of benzene rings is 7. The fraction of sp³-hybridized carbons (Fsp3) is 0. The molecule has 0 amide bonds. The predicted octanol–water partition coefficient (Wildman–Crippen LogP) is 10.3. The highest BCUT2D eigenvalue weighted by atomic mass is 16.5. The third-order valence-corrected chi connectivity index (χ3v) is 7.54. The molecule has 37 heavy (non-hydrogen) atoms. The van der Waals surface area contributed by atoms with Gasteiger partial charge in [0.2, 0.25) is 0 Å². The minimum atomic E-state index is 0.471. The van der Waals surface area contributed by atoms with Gasteiger partial charge in [0.15, 0.2) is 0 Å². The van der Waals surface area contributed by atoms with Crippen molar-refractivity contribution in [2.75, 3.05) is 0 Å². The Labute approximate surface area is 218 Å². The van der Waals surface area contributed by atoms with Gasteiger partial charge in [0.25, 0.3) is 0 Å². The lowest BCUT2D eigenvalue weighted by atomic mass is 9.83. The molecule has 0 N–H and O–H groups in total. The summed E-state index contributed by atoms with van der Waals surface area (Å²) in [5, 5.41) is 6.43. The van der Waals surface area contributed by atoms with Crippen LogP contribution in [0.5, 0.6) is 11.5 Å². The maximum atomic E-state index is 8.55. The van der Waals surface area contributed by atoms with Crippen molar-refractivity contribution in [3.05, 3.63) is 133 Å². The summed E-state index contributed by atoms with van der Waals surface area (Å²) in [4.78, 5) is 0. The summed E-state index contributed by atoms with van der Waals surface area (Å²) in [7, 11) is 0. The third-order valence-electron chi connectivity index (χ3n) is 7.54. The van der Waals surface area contributed by atoms with E-state index >= 15 is 0 Å². The Bertz CT molecular complexity index is 2110. The van der Waals surface area contributed by atoms with Gasteiger partial charge in [-0.15, -0.1) is 0 Å². The summed E-state index contributed by atoms with van der Waals surface area (Å²) >= 11 is 0. The molecule has 0 bridgehead atoms. The van der Waals surface area contributed by atoms with Gasteiger partial charge in [-0.2, -0.15) is 0 Å². The zero-order valence-electron chi connectivity index (χ0n) is 22.0. The molecule has 1 aliphatic rings. The Kier molecular flexibility index (Phi) is 3.88. The van der Waals surface area contributed by atoms with Crippen LogP contribution in [-0.2, 0) is 0 Å². The molecule has 0 saturated carbocycles. The Morgan fingerprint density at radius 3 is 1.89 bits per heavy atom. The van der Waals surface area contributed by atoms with Crippen LogP contribution in [0.2, 0.25) is 0 Å². The Hall–Kier alpha value is -4.88. The molecule has 0 aromatic heterocycles. The molecule has 0 saturated heterocycles. The van der Waals surface area contributed by atoms with Gasteiger partial charge in [0.1, 0.15) is 11.5 Å². The highest BCUT2D eigenvalue weighted by molar-refractivity contribution is 6.24. The second kappa shape index (κ2) is 7.81.